The van der Waals surface area contributed by atoms with Gasteiger partial charge in [0.15, 0.2) is 0 Å². The van der Waals surface area contributed by atoms with E-state index < -0.39 is 11.9 Å². The molecule has 3 amide bonds. The van der Waals surface area contributed by atoms with Crippen molar-refractivity contribution >= 4 is 34.1 Å². The molecule has 1 aromatic rings. The highest BCUT2D eigenvalue weighted by atomic mass is 32.1. The summed E-state index contributed by atoms with van der Waals surface area (Å²) in [6.45, 7) is 1.91. The summed E-state index contributed by atoms with van der Waals surface area (Å²) in [5.74, 6) is -1.04. The van der Waals surface area contributed by atoms with E-state index in [0.29, 0.717) is 12.0 Å². The van der Waals surface area contributed by atoms with Gasteiger partial charge in [-0.05, 0) is 19.4 Å². The zero-order chi connectivity index (χ0) is 14.0. The summed E-state index contributed by atoms with van der Waals surface area (Å²) in [4.78, 5) is 35.7. The van der Waals surface area contributed by atoms with Gasteiger partial charge in [0.05, 0.1) is 5.56 Å². The maximum absolute atomic E-state index is 12.1. The lowest BCUT2D eigenvalue weighted by atomic mass is 10.1. The van der Waals surface area contributed by atoms with Crippen LogP contribution in [0.15, 0.2) is 6.07 Å². The highest BCUT2D eigenvalue weighted by Crippen LogP contribution is 2.27. The Morgan fingerprint density at radius 1 is 1.47 bits per heavy atom. The van der Waals surface area contributed by atoms with Crippen LogP contribution >= 0.6 is 11.3 Å². The van der Waals surface area contributed by atoms with Gasteiger partial charge in [0.25, 0.3) is 5.91 Å². The molecule has 1 aliphatic rings. The Balaban J connectivity index is 2.08. The van der Waals surface area contributed by atoms with E-state index in [1.807, 2.05) is 6.92 Å². The van der Waals surface area contributed by atoms with E-state index in [2.05, 4.69) is 16.0 Å². The molecule has 1 unspecified atom stereocenters. The SMILES string of the molecule is CNc1sc(C)cc1C(=O)NC1CCC(=O)NC1=O. The molecule has 0 aromatic carbocycles. The molecule has 0 saturated carbocycles. The van der Waals surface area contributed by atoms with Crippen molar-refractivity contribution in [2.75, 3.05) is 12.4 Å². The van der Waals surface area contributed by atoms with Gasteiger partial charge in [-0.2, -0.15) is 0 Å². The van der Waals surface area contributed by atoms with Crippen LogP contribution in [0.1, 0.15) is 28.1 Å². The Bertz CT molecular complexity index is 538. The summed E-state index contributed by atoms with van der Waals surface area (Å²) in [6, 6.07) is 1.13. The lowest BCUT2D eigenvalue weighted by molar-refractivity contribution is -0.134. The van der Waals surface area contributed by atoms with E-state index in [1.54, 1.807) is 13.1 Å². The number of aryl methyl sites for hydroxylation is 1. The normalized spacial score (nSPS) is 18.9. The molecule has 0 bridgehead atoms. The Labute approximate surface area is 114 Å². The van der Waals surface area contributed by atoms with E-state index in [-0.39, 0.29) is 18.2 Å². The van der Waals surface area contributed by atoms with Gasteiger partial charge in [-0.15, -0.1) is 11.3 Å². The van der Waals surface area contributed by atoms with Crippen molar-refractivity contribution < 1.29 is 14.4 Å². The molecule has 1 atom stereocenters. The third-order valence-corrected chi connectivity index (χ3v) is 3.94. The van der Waals surface area contributed by atoms with Crippen LogP contribution in [-0.4, -0.2) is 30.8 Å². The molecule has 6 nitrogen and oxygen atoms in total. The fourth-order valence-electron chi connectivity index (χ4n) is 1.94. The largest absolute Gasteiger partial charge is 0.379 e. The summed E-state index contributed by atoms with van der Waals surface area (Å²) in [6.07, 6.45) is 0.590. The van der Waals surface area contributed by atoms with Gasteiger partial charge in [0.1, 0.15) is 11.0 Å². The lowest BCUT2D eigenvalue weighted by Gasteiger charge is -2.21. The summed E-state index contributed by atoms with van der Waals surface area (Å²) < 4.78 is 0. The second-order valence-electron chi connectivity index (χ2n) is 4.33. The number of piperidine rings is 1. The number of thiophene rings is 1. The van der Waals surface area contributed by atoms with Gasteiger partial charge in [-0.3, -0.25) is 19.7 Å². The van der Waals surface area contributed by atoms with E-state index in [0.717, 1.165) is 9.88 Å². The smallest absolute Gasteiger partial charge is 0.254 e. The molecule has 19 heavy (non-hydrogen) atoms. The third kappa shape index (κ3) is 2.93. The zero-order valence-electron chi connectivity index (χ0n) is 10.7. The third-order valence-electron chi connectivity index (χ3n) is 2.87. The maximum Gasteiger partial charge on any atom is 0.254 e. The van der Waals surface area contributed by atoms with E-state index in [1.165, 1.54) is 11.3 Å². The summed E-state index contributed by atoms with van der Waals surface area (Å²) in [5, 5.41) is 8.59. The number of amides is 3. The molecule has 2 heterocycles. The molecule has 0 radical (unpaired) electrons. The van der Waals surface area contributed by atoms with Gasteiger partial charge in [0.2, 0.25) is 11.8 Å². The molecule has 0 aliphatic carbocycles. The standard InChI is InChI=1S/C12H15N3O3S/c1-6-5-7(12(13-2)19-6)10(17)14-8-3-4-9(16)15-11(8)18/h5,8,13H,3-4H2,1-2H3,(H,14,17)(H,15,16,18). The molecule has 1 saturated heterocycles. The number of hydrogen-bond donors (Lipinski definition) is 3. The second-order valence-corrected chi connectivity index (χ2v) is 5.58. The molecular formula is C12H15N3O3S. The van der Waals surface area contributed by atoms with Crippen LogP contribution in [0.3, 0.4) is 0 Å². The molecule has 102 valence electrons. The number of nitrogens with one attached hydrogen (secondary N) is 3. The first-order valence-corrected chi connectivity index (χ1v) is 6.75. The first kappa shape index (κ1) is 13.5. The topological polar surface area (TPSA) is 87.3 Å². The zero-order valence-corrected chi connectivity index (χ0v) is 11.5. The number of anilines is 1. The average molecular weight is 281 g/mol. The molecule has 1 fully saturated rings. The average Bonchev–Trinajstić information content (AvgIpc) is 2.74. The van der Waals surface area contributed by atoms with Crippen molar-refractivity contribution in [1.82, 2.24) is 10.6 Å². The second kappa shape index (κ2) is 5.40. The molecule has 1 aromatic heterocycles. The maximum atomic E-state index is 12.1. The van der Waals surface area contributed by atoms with Crippen LogP contribution in [0.4, 0.5) is 5.00 Å². The van der Waals surface area contributed by atoms with Crippen molar-refractivity contribution in [3.63, 3.8) is 0 Å². The Kier molecular flexibility index (Phi) is 3.84. The number of imide groups is 1. The summed E-state index contributed by atoms with van der Waals surface area (Å²) in [7, 11) is 1.74. The van der Waals surface area contributed by atoms with Crippen molar-refractivity contribution in [3.05, 3.63) is 16.5 Å². The Morgan fingerprint density at radius 3 is 2.84 bits per heavy atom. The fraction of sp³-hybridized carbons (Fsp3) is 0.417. The number of hydrogen-bond acceptors (Lipinski definition) is 5. The predicted octanol–water partition coefficient (Wildman–Crippen LogP) is 0.633. The molecule has 2 rings (SSSR count). The number of rotatable bonds is 3. The van der Waals surface area contributed by atoms with Crippen LogP contribution in [0, 0.1) is 6.92 Å². The van der Waals surface area contributed by atoms with Gasteiger partial charge in [-0.25, -0.2) is 0 Å². The minimum Gasteiger partial charge on any atom is -0.379 e. The van der Waals surface area contributed by atoms with Crippen LogP contribution in [0.25, 0.3) is 0 Å². The fourth-order valence-corrected chi connectivity index (χ4v) is 2.80. The van der Waals surface area contributed by atoms with Crippen LogP contribution in [0.2, 0.25) is 0 Å². The first-order valence-electron chi connectivity index (χ1n) is 5.94. The van der Waals surface area contributed by atoms with Gasteiger partial charge >= 0.3 is 0 Å². The quantitative estimate of drug-likeness (QED) is 0.709. The monoisotopic (exact) mass is 281 g/mol. The van der Waals surface area contributed by atoms with Crippen molar-refractivity contribution in [2.45, 2.75) is 25.8 Å². The van der Waals surface area contributed by atoms with Crippen LogP contribution in [-0.2, 0) is 9.59 Å². The van der Waals surface area contributed by atoms with Crippen LogP contribution in [0.5, 0.6) is 0 Å². The molecule has 3 N–H and O–H groups in total. The lowest BCUT2D eigenvalue weighted by Crippen LogP contribution is -2.52. The van der Waals surface area contributed by atoms with E-state index in [4.69, 9.17) is 0 Å². The Hall–Kier alpha value is -1.89. The molecular weight excluding hydrogens is 266 g/mol. The van der Waals surface area contributed by atoms with Crippen molar-refractivity contribution in [2.24, 2.45) is 0 Å². The number of carbonyl (C=O) groups is 3. The van der Waals surface area contributed by atoms with Crippen molar-refractivity contribution in [3.8, 4) is 0 Å². The number of carbonyl (C=O) groups excluding carboxylic acids is 3. The molecule has 7 heteroatoms. The first-order chi connectivity index (χ1) is 9.01. The predicted molar refractivity (Wildman–Crippen MR) is 72.2 cm³/mol. The van der Waals surface area contributed by atoms with Crippen molar-refractivity contribution in [1.29, 1.82) is 0 Å². The summed E-state index contributed by atoms with van der Waals surface area (Å²) in [5.41, 5.74) is 0.523. The minimum atomic E-state index is -0.643. The van der Waals surface area contributed by atoms with E-state index in [9.17, 15) is 14.4 Å². The molecule has 0 spiro atoms. The molecule has 1 aliphatic heterocycles. The van der Waals surface area contributed by atoms with Gasteiger partial charge < -0.3 is 10.6 Å². The highest BCUT2D eigenvalue weighted by Gasteiger charge is 2.28. The van der Waals surface area contributed by atoms with Gasteiger partial charge in [0, 0.05) is 18.3 Å². The Morgan fingerprint density at radius 2 is 2.21 bits per heavy atom. The highest BCUT2D eigenvalue weighted by molar-refractivity contribution is 7.16. The van der Waals surface area contributed by atoms with E-state index >= 15 is 0 Å². The summed E-state index contributed by atoms with van der Waals surface area (Å²) >= 11 is 1.48. The minimum absolute atomic E-state index is 0.248. The van der Waals surface area contributed by atoms with Crippen LogP contribution < -0.4 is 16.0 Å². The van der Waals surface area contributed by atoms with Gasteiger partial charge in [-0.1, -0.05) is 0 Å².